The smallest absolute Gasteiger partial charge is 0.324 e. The predicted molar refractivity (Wildman–Crippen MR) is 102 cm³/mol. The Hall–Kier alpha value is -2.46. The molecule has 0 bridgehead atoms. The Bertz CT molecular complexity index is 870. The summed E-state index contributed by atoms with van der Waals surface area (Å²) in [4.78, 5) is 39.2. The second-order valence-corrected chi connectivity index (χ2v) is 9.05. The van der Waals surface area contributed by atoms with Gasteiger partial charge in [0.15, 0.2) is 0 Å². The molecular formula is C18H24N4O5S. The molecule has 0 aliphatic carbocycles. The lowest BCUT2D eigenvalue weighted by molar-refractivity contribution is -0.125. The van der Waals surface area contributed by atoms with Gasteiger partial charge in [0.25, 0.3) is 5.91 Å². The summed E-state index contributed by atoms with van der Waals surface area (Å²) in [6.07, 6.45) is 2.79. The molecular weight excluding hydrogens is 384 g/mol. The summed E-state index contributed by atoms with van der Waals surface area (Å²) in [5, 5.41) is 2.47. The lowest BCUT2D eigenvalue weighted by Gasteiger charge is -2.33. The lowest BCUT2D eigenvalue weighted by atomic mass is 9.97. The van der Waals surface area contributed by atoms with E-state index in [2.05, 4.69) is 10.0 Å². The molecule has 3 rings (SSSR count). The molecule has 2 N–H and O–H groups in total. The van der Waals surface area contributed by atoms with Gasteiger partial charge in [-0.2, -0.15) is 0 Å². The first-order valence-corrected chi connectivity index (χ1v) is 11.0. The highest BCUT2D eigenvalue weighted by Gasteiger charge is 2.29. The van der Waals surface area contributed by atoms with Crippen LogP contribution in [-0.4, -0.2) is 68.5 Å². The first-order valence-electron chi connectivity index (χ1n) is 9.14. The number of nitrogens with zero attached hydrogens (tertiary/aromatic N) is 2. The maximum Gasteiger partial charge on any atom is 0.324 e. The average Bonchev–Trinajstić information content (AvgIpc) is 2.98. The minimum atomic E-state index is -3.26. The van der Waals surface area contributed by atoms with Gasteiger partial charge in [-0.3, -0.25) is 14.5 Å². The quantitative estimate of drug-likeness (QED) is 0.650. The Kier molecular flexibility index (Phi) is 5.99. The van der Waals surface area contributed by atoms with Crippen molar-refractivity contribution in [3.05, 3.63) is 35.4 Å². The summed E-state index contributed by atoms with van der Waals surface area (Å²) in [5.74, 6) is -0.358. The number of likely N-dealkylation sites (tertiary alicyclic amines) is 1. The molecule has 1 atom stereocenters. The van der Waals surface area contributed by atoms with Crippen LogP contribution in [0.1, 0.15) is 28.8 Å². The Morgan fingerprint density at radius 2 is 2.11 bits per heavy atom. The molecule has 2 saturated heterocycles. The van der Waals surface area contributed by atoms with Crippen molar-refractivity contribution >= 4 is 27.9 Å². The van der Waals surface area contributed by atoms with E-state index in [0.29, 0.717) is 30.8 Å². The number of carbonyl (C=O) groups is 3. The van der Waals surface area contributed by atoms with Gasteiger partial charge < -0.3 is 10.2 Å². The van der Waals surface area contributed by atoms with E-state index in [0.717, 1.165) is 24.0 Å². The highest BCUT2D eigenvalue weighted by Crippen LogP contribution is 2.19. The summed E-state index contributed by atoms with van der Waals surface area (Å²) in [5.41, 5.74) is 1.19. The second-order valence-electron chi connectivity index (χ2n) is 7.22. The van der Waals surface area contributed by atoms with E-state index in [1.807, 2.05) is 0 Å². The van der Waals surface area contributed by atoms with Crippen molar-refractivity contribution in [2.24, 2.45) is 5.92 Å². The van der Waals surface area contributed by atoms with E-state index < -0.39 is 16.1 Å². The Morgan fingerprint density at radius 3 is 2.79 bits per heavy atom. The summed E-state index contributed by atoms with van der Waals surface area (Å²) in [6.45, 7) is 1.53. The first kappa shape index (κ1) is 20.3. The lowest BCUT2D eigenvalue weighted by Crippen LogP contribution is -2.43. The summed E-state index contributed by atoms with van der Waals surface area (Å²) < 4.78 is 25.1. The summed E-state index contributed by atoms with van der Waals surface area (Å²) in [7, 11) is -3.26. The Morgan fingerprint density at radius 1 is 1.32 bits per heavy atom. The van der Waals surface area contributed by atoms with Crippen LogP contribution in [0.15, 0.2) is 24.3 Å². The predicted octanol–water partition coefficient (Wildman–Crippen LogP) is 0.140. The molecule has 0 spiro atoms. The molecule has 0 aromatic heterocycles. The zero-order chi connectivity index (χ0) is 20.3. The van der Waals surface area contributed by atoms with Crippen LogP contribution in [-0.2, 0) is 21.4 Å². The van der Waals surface area contributed by atoms with Crippen molar-refractivity contribution < 1.29 is 22.8 Å². The van der Waals surface area contributed by atoms with Crippen molar-refractivity contribution in [2.75, 3.05) is 32.4 Å². The van der Waals surface area contributed by atoms with Gasteiger partial charge in [0.1, 0.15) is 0 Å². The zero-order valence-corrected chi connectivity index (χ0v) is 16.5. The van der Waals surface area contributed by atoms with Crippen LogP contribution in [0.3, 0.4) is 0 Å². The van der Waals surface area contributed by atoms with Gasteiger partial charge in [0.2, 0.25) is 15.9 Å². The highest BCUT2D eigenvalue weighted by molar-refractivity contribution is 7.88. The molecule has 1 aromatic carbocycles. The van der Waals surface area contributed by atoms with E-state index in [4.69, 9.17) is 0 Å². The van der Waals surface area contributed by atoms with Gasteiger partial charge in [-0.25, -0.2) is 17.9 Å². The van der Waals surface area contributed by atoms with Crippen LogP contribution < -0.4 is 10.0 Å². The van der Waals surface area contributed by atoms with Gasteiger partial charge in [-0.05, 0) is 36.5 Å². The van der Waals surface area contributed by atoms with Crippen LogP contribution in [0.25, 0.3) is 0 Å². The van der Waals surface area contributed by atoms with Crippen molar-refractivity contribution in [1.29, 1.82) is 0 Å². The van der Waals surface area contributed by atoms with Gasteiger partial charge in [0.05, 0.1) is 19.3 Å². The third-order valence-electron chi connectivity index (χ3n) is 4.89. The van der Waals surface area contributed by atoms with Crippen LogP contribution in [0.4, 0.5) is 4.79 Å². The van der Waals surface area contributed by atoms with Gasteiger partial charge >= 0.3 is 6.03 Å². The molecule has 10 heteroatoms. The number of hydrogen-bond acceptors (Lipinski definition) is 5. The molecule has 2 fully saturated rings. The van der Waals surface area contributed by atoms with Crippen LogP contribution in [0.5, 0.6) is 0 Å². The number of amides is 4. The number of rotatable bonds is 6. The number of benzene rings is 1. The number of urea groups is 1. The second kappa shape index (κ2) is 8.27. The van der Waals surface area contributed by atoms with E-state index in [9.17, 15) is 22.8 Å². The molecule has 2 aliphatic heterocycles. The molecule has 1 aromatic rings. The fourth-order valence-corrected chi connectivity index (χ4v) is 4.01. The maximum atomic E-state index is 12.9. The minimum Gasteiger partial charge on any atom is -0.338 e. The van der Waals surface area contributed by atoms with E-state index >= 15 is 0 Å². The minimum absolute atomic E-state index is 0.00582. The van der Waals surface area contributed by atoms with Crippen molar-refractivity contribution in [1.82, 2.24) is 19.8 Å². The average molecular weight is 408 g/mol. The molecule has 1 unspecified atom stereocenters. The number of hydrogen-bond donors (Lipinski definition) is 2. The standard InChI is InChI=1S/C18H24N4O5S/c1-28(26,27)20-9-14-5-3-7-21(11-14)17(24)15-6-2-4-13(8-15)12-22-16(23)10-19-18(22)25/h2,4,6,8,14,20H,3,5,7,9-12H2,1H3,(H,19,25). The molecule has 0 saturated carbocycles. The SMILES string of the molecule is CS(=O)(=O)NCC1CCCN(C(=O)c2cccc(CN3C(=O)CNC3=O)c2)C1. The van der Waals surface area contributed by atoms with Crippen molar-refractivity contribution in [2.45, 2.75) is 19.4 Å². The van der Waals surface area contributed by atoms with E-state index in [1.165, 1.54) is 0 Å². The first-order chi connectivity index (χ1) is 13.2. The third kappa shape index (κ3) is 5.08. The van der Waals surface area contributed by atoms with Crippen LogP contribution in [0.2, 0.25) is 0 Å². The number of sulfonamides is 1. The van der Waals surface area contributed by atoms with Crippen molar-refractivity contribution in [3.63, 3.8) is 0 Å². The van der Waals surface area contributed by atoms with Gasteiger partial charge in [-0.15, -0.1) is 0 Å². The number of nitrogens with one attached hydrogen (secondary N) is 2. The Balaban J connectivity index is 1.65. The van der Waals surface area contributed by atoms with Crippen LogP contribution in [0, 0.1) is 5.92 Å². The molecule has 152 valence electrons. The van der Waals surface area contributed by atoms with E-state index in [-0.39, 0.29) is 30.8 Å². The fourth-order valence-electron chi connectivity index (χ4n) is 3.47. The summed E-state index contributed by atoms with van der Waals surface area (Å²) in [6, 6.07) is 6.47. The molecule has 4 amide bonds. The fraction of sp³-hybridized carbons (Fsp3) is 0.500. The molecule has 2 aliphatic rings. The highest BCUT2D eigenvalue weighted by atomic mass is 32.2. The largest absolute Gasteiger partial charge is 0.338 e. The summed E-state index contributed by atoms with van der Waals surface area (Å²) >= 11 is 0. The van der Waals surface area contributed by atoms with E-state index in [1.54, 1.807) is 29.2 Å². The molecule has 9 nitrogen and oxygen atoms in total. The van der Waals surface area contributed by atoms with Gasteiger partial charge in [0, 0.05) is 25.2 Å². The number of imide groups is 1. The molecule has 0 radical (unpaired) electrons. The monoisotopic (exact) mass is 408 g/mol. The maximum absolute atomic E-state index is 12.9. The van der Waals surface area contributed by atoms with Crippen LogP contribution >= 0.6 is 0 Å². The van der Waals surface area contributed by atoms with Gasteiger partial charge in [-0.1, -0.05) is 12.1 Å². The number of carbonyl (C=O) groups excluding carboxylic acids is 3. The Labute approximate surface area is 164 Å². The molecule has 2 heterocycles. The number of piperidine rings is 1. The topological polar surface area (TPSA) is 116 Å². The molecule has 28 heavy (non-hydrogen) atoms. The van der Waals surface area contributed by atoms with Crippen molar-refractivity contribution in [3.8, 4) is 0 Å². The normalized spacial score (nSPS) is 20.4. The zero-order valence-electron chi connectivity index (χ0n) is 15.7. The third-order valence-corrected chi connectivity index (χ3v) is 5.58.